The molecule has 7 heteroatoms. The summed E-state index contributed by atoms with van der Waals surface area (Å²) in [7, 11) is 0. The maximum Gasteiger partial charge on any atom is 0.416 e. The minimum Gasteiger partial charge on any atom is -0.461 e. The van der Waals surface area contributed by atoms with Crippen LogP contribution in [0, 0.1) is 0 Å². The van der Waals surface area contributed by atoms with E-state index in [4.69, 9.17) is 4.74 Å². The van der Waals surface area contributed by atoms with Gasteiger partial charge in [0.1, 0.15) is 12.1 Å². The molecule has 0 bridgehead atoms. The number of esters is 1. The summed E-state index contributed by atoms with van der Waals surface area (Å²) in [6.45, 7) is 4.35. The molecule has 126 valence electrons. The molecule has 4 nitrogen and oxygen atoms in total. The van der Waals surface area contributed by atoms with Crippen molar-refractivity contribution in [3.05, 3.63) is 29.8 Å². The van der Waals surface area contributed by atoms with Crippen LogP contribution in [-0.4, -0.2) is 49.2 Å². The number of halogens is 3. The summed E-state index contributed by atoms with van der Waals surface area (Å²) in [6.07, 6.45) is -3.71. The molecule has 0 radical (unpaired) electrons. The zero-order chi connectivity index (χ0) is 16.6. The summed E-state index contributed by atoms with van der Waals surface area (Å²) in [5.74, 6) is -0.190. The van der Waals surface area contributed by atoms with Gasteiger partial charge in [-0.15, -0.1) is 0 Å². The molecule has 2 aliphatic heterocycles. The molecule has 0 saturated carbocycles. The summed E-state index contributed by atoms with van der Waals surface area (Å²) in [5.41, 5.74) is -0.0625. The molecule has 0 aliphatic carbocycles. The fourth-order valence-corrected chi connectivity index (χ4v) is 3.20. The highest BCUT2D eigenvalue weighted by Gasteiger charge is 2.38. The second-order valence-electron chi connectivity index (χ2n) is 6.07. The van der Waals surface area contributed by atoms with Gasteiger partial charge in [-0.25, -0.2) is 0 Å². The van der Waals surface area contributed by atoms with Gasteiger partial charge in [0.25, 0.3) is 0 Å². The lowest BCUT2D eigenvalue weighted by atomic mass is 10.1. The number of benzene rings is 1. The fraction of sp³-hybridized carbons (Fsp3) is 0.562. The number of piperazine rings is 1. The average molecular weight is 328 g/mol. The van der Waals surface area contributed by atoms with E-state index in [1.54, 1.807) is 6.07 Å². The van der Waals surface area contributed by atoms with Crippen LogP contribution in [0.4, 0.5) is 18.9 Å². The first-order valence-corrected chi connectivity index (χ1v) is 7.71. The van der Waals surface area contributed by atoms with Crippen molar-refractivity contribution >= 4 is 11.7 Å². The van der Waals surface area contributed by atoms with E-state index in [-0.39, 0.29) is 18.1 Å². The van der Waals surface area contributed by atoms with Gasteiger partial charge in [-0.3, -0.25) is 9.69 Å². The topological polar surface area (TPSA) is 32.8 Å². The Hall–Kier alpha value is -1.76. The van der Waals surface area contributed by atoms with Crippen molar-refractivity contribution in [1.29, 1.82) is 0 Å². The number of rotatable bonds is 2. The van der Waals surface area contributed by atoms with E-state index < -0.39 is 11.7 Å². The van der Waals surface area contributed by atoms with Crippen LogP contribution in [0.2, 0.25) is 0 Å². The first kappa shape index (κ1) is 16.1. The molecular weight excluding hydrogens is 309 g/mol. The molecule has 1 aromatic carbocycles. The molecule has 0 N–H and O–H groups in total. The van der Waals surface area contributed by atoms with Gasteiger partial charge in [-0.05, 0) is 25.1 Å². The van der Waals surface area contributed by atoms with E-state index in [2.05, 4.69) is 4.90 Å². The Morgan fingerprint density at radius 2 is 1.87 bits per heavy atom. The van der Waals surface area contributed by atoms with Gasteiger partial charge >= 0.3 is 12.1 Å². The predicted molar refractivity (Wildman–Crippen MR) is 79.2 cm³/mol. The van der Waals surface area contributed by atoms with Crippen LogP contribution in [0.5, 0.6) is 0 Å². The number of nitrogens with zero attached hydrogens (tertiary/aromatic N) is 2. The molecule has 2 saturated heterocycles. The number of hydrogen-bond acceptors (Lipinski definition) is 4. The molecule has 3 rings (SSSR count). The SMILES string of the molecule is C[C@H]1C[C@@H](N2CCN(c3cccc(C(F)(F)F)c3)CC2)C(=O)O1. The van der Waals surface area contributed by atoms with Crippen molar-refractivity contribution in [2.75, 3.05) is 31.1 Å². The molecule has 2 heterocycles. The van der Waals surface area contributed by atoms with Crippen LogP contribution in [0.15, 0.2) is 24.3 Å². The third kappa shape index (κ3) is 3.44. The van der Waals surface area contributed by atoms with E-state index >= 15 is 0 Å². The summed E-state index contributed by atoms with van der Waals surface area (Å²) >= 11 is 0. The van der Waals surface area contributed by atoms with Gasteiger partial charge < -0.3 is 9.64 Å². The summed E-state index contributed by atoms with van der Waals surface area (Å²) < 4.78 is 43.6. The lowest BCUT2D eigenvalue weighted by Crippen LogP contribution is -2.51. The van der Waals surface area contributed by atoms with Crippen LogP contribution in [0.3, 0.4) is 0 Å². The number of cyclic esters (lactones) is 1. The highest BCUT2D eigenvalue weighted by molar-refractivity contribution is 5.78. The normalized spacial score (nSPS) is 26.4. The Kier molecular flexibility index (Phi) is 4.23. The summed E-state index contributed by atoms with van der Waals surface area (Å²) in [6, 6.07) is 5.17. The van der Waals surface area contributed by atoms with Crippen molar-refractivity contribution in [2.45, 2.75) is 31.7 Å². The highest BCUT2D eigenvalue weighted by atomic mass is 19.4. The Labute approximate surface area is 132 Å². The van der Waals surface area contributed by atoms with Gasteiger partial charge in [0, 0.05) is 38.3 Å². The van der Waals surface area contributed by atoms with Gasteiger partial charge in [0.15, 0.2) is 0 Å². The van der Waals surface area contributed by atoms with E-state index in [1.807, 2.05) is 11.8 Å². The molecule has 0 amide bonds. The average Bonchev–Trinajstić information content (AvgIpc) is 2.85. The highest BCUT2D eigenvalue weighted by Crippen LogP contribution is 2.32. The van der Waals surface area contributed by atoms with E-state index in [0.29, 0.717) is 38.3 Å². The van der Waals surface area contributed by atoms with Crippen LogP contribution in [0.25, 0.3) is 0 Å². The Morgan fingerprint density at radius 1 is 1.17 bits per heavy atom. The first-order valence-electron chi connectivity index (χ1n) is 7.71. The quantitative estimate of drug-likeness (QED) is 0.781. The molecule has 2 atom stereocenters. The molecule has 0 aromatic heterocycles. The van der Waals surface area contributed by atoms with Crippen molar-refractivity contribution in [2.24, 2.45) is 0 Å². The monoisotopic (exact) mass is 328 g/mol. The Bertz CT molecular complexity index is 583. The second kappa shape index (κ2) is 6.03. The van der Waals surface area contributed by atoms with Crippen LogP contribution in [-0.2, 0) is 15.7 Å². The molecular formula is C16H19F3N2O2. The number of hydrogen-bond donors (Lipinski definition) is 0. The lowest BCUT2D eigenvalue weighted by molar-refractivity contribution is -0.145. The van der Waals surface area contributed by atoms with Gasteiger partial charge in [0.2, 0.25) is 0 Å². The van der Waals surface area contributed by atoms with E-state index in [9.17, 15) is 18.0 Å². The smallest absolute Gasteiger partial charge is 0.416 e. The maximum atomic E-state index is 12.8. The number of carbonyl (C=O) groups is 1. The van der Waals surface area contributed by atoms with Crippen LogP contribution >= 0.6 is 0 Å². The number of anilines is 1. The van der Waals surface area contributed by atoms with E-state index in [1.165, 1.54) is 12.1 Å². The predicted octanol–water partition coefficient (Wildman–Crippen LogP) is 2.53. The number of carbonyl (C=O) groups excluding carboxylic acids is 1. The number of alkyl halides is 3. The third-order valence-corrected chi connectivity index (χ3v) is 4.44. The van der Waals surface area contributed by atoms with Crippen LogP contribution < -0.4 is 4.90 Å². The zero-order valence-electron chi connectivity index (χ0n) is 12.8. The van der Waals surface area contributed by atoms with Gasteiger partial charge in [-0.1, -0.05) is 6.07 Å². The van der Waals surface area contributed by atoms with Crippen molar-refractivity contribution < 1.29 is 22.7 Å². The van der Waals surface area contributed by atoms with E-state index in [0.717, 1.165) is 6.07 Å². The Balaban J connectivity index is 1.64. The molecule has 2 aliphatic rings. The summed E-state index contributed by atoms with van der Waals surface area (Å²) in [4.78, 5) is 15.8. The molecule has 0 spiro atoms. The van der Waals surface area contributed by atoms with Crippen molar-refractivity contribution in [3.8, 4) is 0 Å². The molecule has 2 fully saturated rings. The fourth-order valence-electron chi connectivity index (χ4n) is 3.20. The van der Waals surface area contributed by atoms with Crippen molar-refractivity contribution in [3.63, 3.8) is 0 Å². The maximum absolute atomic E-state index is 12.8. The second-order valence-corrected chi connectivity index (χ2v) is 6.07. The Morgan fingerprint density at radius 3 is 2.43 bits per heavy atom. The lowest BCUT2D eigenvalue weighted by Gasteiger charge is -2.38. The molecule has 0 unspecified atom stereocenters. The number of ether oxygens (including phenoxy) is 1. The van der Waals surface area contributed by atoms with Gasteiger partial charge in [-0.2, -0.15) is 13.2 Å². The standard InChI is InChI=1S/C16H19F3N2O2/c1-11-9-14(15(22)23-11)21-7-5-20(6-8-21)13-4-2-3-12(10-13)16(17,18)19/h2-4,10-11,14H,5-9H2,1H3/t11-,14+/m0/s1. The minimum absolute atomic E-state index is 0.0611. The van der Waals surface area contributed by atoms with Crippen LogP contribution in [0.1, 0.15) is 18.9 Å². The van der Waals surface area contributed by atoms with Crippen molar-refractivity contribution in [1.82, 2.24) is 4.90 Å². The molecule has 1 aromatic rings. The molecule has 23 heavy (non-hydrogen) atoms. The van der Waals surface area contributed by atoms with Gasteiger partial charge in [0.05, 0.1) is 5.56 Å². The third-order valence-electron chi connectivity index (χ3n) is 4.44. The zero-order valence-corrected chi connectivity index (χ0v) is 12.8. The minimum atomic E-state index is -4.33. The largest absolute Gasteiger partial charge is 0.461 e. The summed E-state index contributed by atoms with van der Waals surface area (Å²) in [5, 5.41) is 0. The first-order chi connectivity index (χ1) is 10.8.